The second kappa shape index (κ2) is 11.8. The summed E-state index contributed by atoms with van der Waals surface area (Å²) in [5.74, 6) is 0.486. The Hall–Kier alpha value is -0.850. The summed E-state index contributed by atoms with van der Waals surface area (Å²) in [6.07, 6.45) is 1.84. The van der Waals surface area contributed by atoms with E-state index in [4.69, 9.17) is 5.73 Å². The van der Waals surface area contributed by atoms with E-state index in [2.05, 4.69) is 4.90 Å². The summed E-state index contributed by atoms with van der Waals surface area (Å²) in [4.78, 5) is 16.6. The van der Waals surface area contributed by atoms with E-state index in [1.165, 1.54) is 0 Å². The van der Waals surface area contributed by atoms with Gasteiger partial charge < -0.3 is 20.6 Å². The molecular weight excluding hydrogens is 373 g/mol. The van der Waals surface area contributed by atoms with E-state index in [-0.39, 0.29) is 36.8 Å². The molecule has 7 heteroatoms. The van der Waals surface area contributed by atoms with Crippen molar-refractivity contribution in [1.82, 2.24) is 9.80 Å². The first-order valence-corrected chi connectivity index (χ1v) is 8.84. The molecule has 0 aliphatic carbocycles. The smallest absolute Gasteiger partial charge is 0.243 e. The molecule has 1 aromatic rings. The molecule has 1 aliphatic rings. The van der Waals surface area contributed by atoms with Gasteiger partial charge in [-0.2, -0.15) is 0 Å². The zero-order valence-electron chi connectivity index (χ0n) is 15.9. The number of carbonyl (C=O) groups is 1. The molecule has 0 spiro atoms. The van der Waals surface area contributed by atoms with Gasteiger partial charge in [0.1, 0.15) is 6.04 Å². The SMILES string of the molecule is Cc1ccc(C(N)C(=O)N(C)CC2CCN(CC(C)O)CC2)cc1.Cl.Cl. The summed E-state index contributed by atoms with van der Waals surface area (Å²) in [6, 6.07) is 7.24. The molecule has 2 atom stereocenters. The van der Waals surface area contributed by atoms with Gasteiger partial charge in [-0.1, -0.05) is 29.8 Å². The van der Waals surface area contributed by atoms with E-state index >= 15 is 0 Å². The van der Waals surface area contributed by atoms with Crippen molar-refractivity contribution in [2.75, 3.05) is 33.2 Å². The molecule has 1 saturated heterocycles. The number of hydrogen-bond acceptors (Lipinski definition) is 4. The molecule has 1 fully saturated rings. The number of nitrogens with two attached hydrogens (primary N) is 1. The maximum atomic E-state index is 12.6. The van der Waals surface area contributed by atoms with Gasteiger partial charge in [0, 0.05) is 20.1 Å². The molecule has 2 unspecified atom stereocenters. The van der Waals surface area contributed by atoms with Crippen molar-refractivity contribution < 1.29 is 9.90 Å². The van der Waals surface area contributed by atoms with Gasteiger partial charge >= 0.3 is 0 Å². The number of likely N-dealkylation sites (N-methyl/N-ethyl adjacent to an activating group) is 1. The monoisotopic (exact) mass is 405 g/mol. The van der Waals surface area contributed by atoms with Crippen LogP contribution in [0.3, 0.4) is 0 Å². The number of benzene rings is 1. The Morgan fingerprint density at radius 1 is 1.27 bits per heavy atom. The summed E-state index contributed by atoms with van der Waals surface area (Å²) < 4.78 is 0. The fourth-order valence-electron chi connectivity index (χ4n) is 3.36. The number of β-amino-alcohol motifs (C(OH)–C–C–N with tert-alkyl or cyclic N) is 1. The third-order valence-corrected chi connectivity index (χ3v) is 4.84. The topological polar surface area (TPSA) is 69.8 Å². The fraction of sp³-hybridized carbons (Fsp3) is 0.632. The largest absolute Gasteiger partial charge is 0.392 e. The molecule has 0 radical (unpaired) electrons. The average molecular weight is 406 g/mol. The number of piperidine rings is 1. The lowest BCUT2D eigenvalue weighted by Crippen LogP contribution is -2.43. The number of halogens is 2. The quantitative estimate of drug-likeness (QED) is 0.761. The molecule has 1 amide bonds. The van der Waals surface area contributed by atoms with E-state index < -0.39 is 6.04 Å². The fourth-order valence-corrected chi connectivity index (χ4v) is 3.36. The molecule has 0 aromatic heterocycles. The molecule has 0 saturated carbocycles. The maximum Gasteiger partial charge on any atom is 0.243 e. The highest BCUT2D eigenvalue weighted by Crippen LogP contribution is 2.20. The summed E-state index contributed by atoms with van der Waals surface area (Å²) in [5, 5.41) is 9.47. The van der Waals surface area contributed by atoms with Crippen molar-refractivity contribution >= 4 is 30.7 Å². The predicted octanol–water partition coefficient (Wildman–Crippen LogP) is 2.39. The average Bonchev–Trinajstić information content (AvgIpc) is 2.55. The number of hydrogen-bond donors (Lipinski definition) is 2. The van der Waals surface area contributed by atoms with E-state index in [9.17, 15) is 9.90 Å². The first-order valence-electron chi connectivity index (χ1n) is 8.84. The second-order valence-electron chi connectivity index (χ2n) is 7.20. The highest BCUT2D eigenvalue weighted by atomic mass is 35.5. The Kier molecular flexibility index (Phi) is 11.4. The third-order valence-electron chi connectivity index (χ3n) is 4.84. The minimum absolute atomic E-state index is 0. The van der Waals surface area contributed by atoms with Crippen LogP contribution in [0, 0.1) is 12.8 Å². The standard InChI is InChI=1S/C19H31N3O2.2ClH/c1-14-4-6-17(7-5-14)18(20)19(24)21(3)13-16-8-10-22(11-9-16)12-15(2)23;;/h4-7,15-16,18,23H,8-13,20H2,1-3H3;2*1H. The molecule has 0 bridgehead atoms. The van der Waals surface area contributed by atoms with Crippen LogP contribution >= 0.6 is 24.8 Å². The maximum absolute atomic E-state index is 12.6. The number of carbonyl (C=O) groups excluding carboxylic acids is 1. The number of likely N-dealkylation sites (tertiary alicyclic amines) is 1. The number of aryl methyl sites for hydroxylation is 1. The number of rotatable bonds is 6. The van der Waals surface area contributed by atoms with E-state index in [1.54, 1.807) is 4.90 Å². The number of aliphatic hydroxyl groups excluding tert-OH is 1. The van der Waals surface area contributed by atoms with Crippen molar-refractivity contribution in [3.05, 3.63) is 35.4 Å². The Morgan fingerprint density at radius 2 is 1.81 bits per heavy atom. The van der Waals surface area contributed by atoms with E-state index in [0.29, 0.717) is 5.92 Å². The highest BCUT2D eigenvalue weighted by Gasteiger charge is 2.25. The molecule has 1 heterocycles. The second-order valence-corrected chi connectivity index (χ2v) is 7.20. The van der Waals surface area contributed by atoms with Gasteiger partial charge in [0.15, 0.2) is 0 Å². The summed E-state index contributed by atoms with van der Waals surface area (Å²) in [5.41, 5.74) is 8.17. The molecule has 26 heavy (non-hydrogen) atoms. The third kappa shape index (κ3) is 7.41. The molecule has 1 aromatic carbocycles. The van der Waals surface area contributed by atoms with Crippen molar-refractivity contribution in [3.63, 3.8) is 0 Å². The van der Waals surface area contributed by atoms with Gasteiger partial charge in [-0.15, -0.1) is 24.8 Å². The van der Waals surface area contributed by atoms with E-state index in [1.807, 2.05) is 45.2 Å². The lowest BCUT2D eigenvalue weighted by atomic mass is 9.95. The molecule has 150 valence electrons. The Bertz CT molecular complexity index is 532. The molecule has 3 N–H and O–H groups in total. The van der Waals surface area contributed by atoms with Gasteiger partial charge in [-0.3, -0.25) is 4.79 Å². The van der Waals surface area contributed by atoms with Crippen LogP contribution in [0.25, 0.3) is 0 Å². The van der Waals surface area contributed by atoms with Crippen LogP contribution in [0.2, 0.25) is 0 Å². The zero-order valence-corrected chi connectivity index (χ0v) is 17.6. The minimum Gasteiger partial charge on any atom is -0.392 e. The Morgan fingerprint density at radius 3 is 2.31 bits per heavy atom. The number of amides is 1. The summed E-state index contributed by atoms with van der Waals surface area (Å²) in [6.45, 7) is 7.31. The van der Waals surface area contributed by atoms with Crippen molar-refractivity contribution in [3.8, 4) is 0 Å². The highest BCUT2D eigenvalue weighted by molar-refractivity contribution is 5.85. The van der Waals surface area contributed by atoms with Crippen molar-refractivity contribution in [1.29, 1.82) is 0 Å². The lowest BCUT2D eigenvalue weighted by Gasteiger charge is -2.34. The van der Waals surface area contributed by atoms with Crippen LogP contribution in [0.4, 0.5) is 0 Å². The van der Waals surface area contributed by atoms with Gasteiger partial charge in [-0.25, -0.2) is 0 Å². The van der Waals surface area contributed by atoms with Crippen LogP contribution in [0.5, 0.6) is 0 Å². The minimum atomic E-state index is -0.592. The first-order chi connectivity index (χ1) is 11.4. The van der Waals surface area contributed by atoms with Crippen LogP contribution in [-0.4, -0.2) is 60.1 Å². The molecule has 5 nitrogen and oxygen atoms in total. The molecule has 1 aliphatic heterocycles. The van der Waals surface area contributed by atoms with Gasteiger partial charge in [0.05, 0.1) is 6.10 Å². The van der Waals surface area contributed by atoms with Gasteiger partial charge in [0.2, 0.25) is 5.91 Å². The Balaban J connectivity index is 0.00000312. The first kappa shape index (κ1) is 25.1. The lowest BCUT2D eigenvalue weighted by molar-refractivity contribution is -0.132. The predicted molar refractivity (Wildman–Crippen MR) is 111 cm³/mol. The molecule has 2 rings (SSSR count). The Labute approximate surface area is 169 Å². The molecular formula is C19H33Cl2N3O2. The van der Waals surface area contributed by atoms with E-state index in [0.717, 1.165) is 50.1 Å². The van der Waals surface area contributed by atoms with Crippen molar-refractivity contribution in [2.45, 2.75) is 38.8 Å². The van der Waals surface area contributed by atoms with Crippen LogP contribution in [0.1, 0.15) is 36.9 Å². The van der Waals surface area contributed by atoms with Crippen LogP contribution < -0.4 is 5.73 Å². The van der Waals surface area contributed by atoms with Crippen molar-refractivity contribution in [2.24, 2.45) is 11.7 Å². The number of nitrogens with zero attached hydrogens (tertiary/aromatic N) is 2. The summed E-state index contributed by atoms with van der Waals surface area (Å²) >= 11 is 0. The van der Waals surface area contributed by atoms with Crippen LogP contribution in [0.15, 0.2) is 24.3 Å². The number of aliphatic hydroxyl groups is 1. The van der Waals surface area contributed by atoms with Gasteiger partial charge in [0.25, 0.3) is 0 Å². The normalized spacial score (nSPS) is 17.6. The zero-order chi connectivity index (χ0) is 17.7. The summed E-state index contributed by atoms with van der Waals surface area (Å²) in [7, 11) is 1.85. The van der Waals surface area contributed by atoms with Crippen LogP contribution in [-0.2, 0) is 4.79 Å². The van der Waals surface area contributed by atoms with Gasteiger partial charge in [-0.05, 0) is 51.3 Å².